The first kappa shape index (κ1) is 21.4. The van der Waals surface area contributed by atoms with E-state index in [1.54, 1.807) is 0 Å². The van der Waals surface area contributed by atoms with E-state index < -0.39 is 11.6 Å². The van der Waals surface area contributed by atoms with Gasteiger partial charge in [0.05, 0.1) is 11.3 Å². The van der Waals surface area contributed by atoms with Gasteiger partial charge >= 0.3 is 6.09 Å². The van der Waals surface area contributed by atoms with Gasteiger partial charge in [0.2, 0.25) is 5.91 Å². The van der Waals surface area contributed by atoms with E-state index in [1.807, 2.05) is 75.4 Å². The molecule has 1 aliphatic rings. The quantitative estimate of drug-likeness (QED) is 0.652. The summed E-state index contributed by atoms with van der Waals surface area (Å²) in [5.74, 6) is 0.0316. The molecule has 3 N–H and O–H groups in total. The average Bonchev–Trinajstić information content (AvgIpc) is 2.72. The van der Waals surface area contributed by atoms with E-state index in [-0.39, 0.29) is 18.4 Å². The number of amides is 2. The number of rotatable bonds is 7. The van der Waals surface area contributed by atoms with Crippen molar-refractivity contribution in [3.8, 4) is 0 Å². The van der Waals surface area contributed by atoms with Crippen molar-refractivity contribution in [2.75, 3.05) is 11.9 Å². The van der Waals surface area contributed by atoms with Gasteiger partial charge in [0, 0.05) is 24.6 Å². The average molecular weight is 409 g/mol. The first-order valence-corrected chi connectivity index (χ1v) is 10.0. The predicted molar refractivity (Wildman–Crippen MR) is 117 cm³/mol. The zero-order valence-electron chi connectivity index (χ0n) is 17.6. The standard InChI is InChI=1S/C23H28N4O3/c1-16-13-20(28)26-27-21(16)18-9-11-19(12-10-18)24-15-23(2,3)25-22(29)30-14-17-7-5-4-6-8-17/h4-12,16,24H,13-15H2,1-3H3,(H,25,29)(H,26,28). The Kier molecular flexibility index (Phi) is 6.72. The van der Waals surface area contributed by atoms with Gasteiger partial charge in [0.25, 0.3) is 0 Å². The Morgan fingerprint density at radius 2 is 1.87 bits per heavy atom. The zero-order valence-corrected chi connectivity index (χ0v) is 17.6. The zero-order chi connectivity index (χ0) is 21.6. The van der Waals surface area contributed by atoms with E-state index in [0.29, 0.717) is 13.0 Å². The Morgan fingerprint density at radius 1 is 1.17 bits per heavy atom. The molecule has 2 amide bonds. The molecule has 2 aromatic rings. The van der Waals surface area contributed by atoms with Crippen LogP contribution in [0.2, 0.25) is 0 Å². The molecule has 1 heterocycles. The minimum Gasteiger partial charge on any atom is -0.445 e. The molecule has 30 heavy (non-hydrogen) atoms. The first-order valence-electron chi connectivity index (χ1n) is 10.0. The van der Waals surface area contributed by atoms with Gasteiger partial charge in [-0.1, -0.05) is 49.4 Å². The van der Waals surface area contributed by atoms with Gasteiger partial charge in [-0.2, -0.15) is 5.10 Å². The minimum absolute atomic E-state index is 0.0541. The maximum absolute atomic E-state index is 12.1. The van der Waals surface area contributed by atoms with Gasteiger partial charge in [0.1, 0.15) is 6.61 Å². The van der Waals surface area contributed by atoms with Gasteiger partial charge < -0.3 is 15.4 Å². The summed E-state index contributed by atoms with van der Waals surface area (Å²) in [7, 11) is 0. The summed E-state index contributed by atoms with van der Waals surface area (Å²) in [6.07, 6.45) is -0.00801. The van der Waals surface area contributed by atoms with Gasteiger partial charge in [-0.05, 0) is 37.1 Å². The Bertz CT molecular complexity index is 908. The molecule has 0 aromatic heterocycles. The normalized spacial score (nSPS) is 16.3. The largest absolute Gasteiger partial charge is 0.445 e. The molecule has 0 saturated carbocycles. The van der Waals surface area contributed by atoms with E-state index >= 15 is 0 Å². The molecule has 1 aliphatic heterocycles. The van der Waals surface area contributed by atoms with E-state index in [2.05, 4.69) is 21.2 Å². The molecule has 0 spiro atoms. The number of hydrogen-bond acceptors (Lipinski definition) is 5. The molecular weight excluding hydrogens is 380 g/mol. The number of hydrazone groups is 1. The second-order valence-corrected chi connectivity index (χ2v) is 8.14. The smallest absolute Gasteiger partial charge is 0.407 e. The molecule has 1 atom stereocenters. The molecule has 3 rings (SSSR count). The summed E-state index contributed by atoms with van der Waals surface area (Å²) < 4.78 is 5.30. The number of hydrogen-bond donors (Lipinski definition) is 3. The third-order valence-corrected chi connectivity index (χ3v) is 4.83. The van der Waals surface area contributed by atoms with Crippen LogP contribution >= 0.6 is 0 Å². The van der Waals surface area contributed by atoms with Crippen molar-refractivity contribution in [1.29, 1.82) is 0 Å². The lowest BCUT2D eigenvalue weighted by Crippen LogP contribution is -2.48. The van der Waals surface area contributed by atoms with Crippen LogP contribution in [0, 0.1) is 5.92 Å². The van der Waals surface area contributed by atoms with Crippen molar-refractivity contribution in [1.82, 2.24) is 10.7 Å². The number of carbonyl (C=O) groups is 2. The third kappa shape index (κ3) is 6.07. The van der Waals surface area contributed by atoms with E-state index in [4.69, 9.17) is 4.74 Å². The maximum Gasteiger partial charge on any atom is 0.407 e. The second-order valence-electron chi connectivity index (χ2n) is 8.14. The molecule has 7 heteroatoms. The maximum atomic E-state index is 12.1. The van der Waals surface area contributed by atoms with Crippen LogP contribution in [0.4, 0.5) is 10.5 Å². The van der Waals surface area contributed by atoms with Crippen LogP contribution in [-0.2, 0) is 16.1 Å². The van der Waals surface area contributed by atoms with E-state index in [1.165, 1.54) is 0 Å². The SMILES string of the molecule is CC1CC(=O)NN=C1c1ccc(NCC(C)(C)NC(=O)OCc2ccccc2)cc1. The highest BCUT2D eigenvalue weighted by atomic mass is 16.5. The highest BCUT2D eigenvalue weighted by Gasteiger charge is 2.23. The van der Waals surface area contributed by atoms with Crippen LogP contribution in [0.3, 0.4) is 0 Å². The Hall–Kier alpha value is -3.35. The number of carbonyl (C=O) groups excluding carboxylic acids is 2. The molecule has 7 nitrogen and oxygen atoms in total. The molecule has 0 saturated heterocycles. The lowest BCUT2D eigenvalue weighted by molar-refractivity contribution is -0.121. The van der Waals surface area contributed by atoms with Crippen LogP contribution in [0.25, 0.3) is 0 Å². The summed E-state index contributed by atoms with van der Waals surface area (Å²) in [6.45, 7) is 6.62. The van der Waals surface area contributed by atoms with Gasteiger partial charge in [-0.15, -0.1) is 0 Å². The molecule has 0 radical (unpaired) electrons. The summed E-state index contributed by atoms with van der Waals surface area (Å²) in [6, 6.07) is 17.4. The van der Waals surface area contributed by atoms with Crippen LogP contribution in [0.1, 0.15) is 38.3 Å². The fourth-order valence-corrected chi connectivity index (χ4v) is 3.16. The topological polar surface area (TPSA) is 91.8 Å². The molecule has 158 valence electrons. The lowest BCUT2D eigenvalue weighted by Gasteiger charge is -2.27. The van der Waals surface area contributed by atoms with Crippen LogP contribution in [0.5, 0.6) is 0 Å². The minimum atomic E-state index is -0.501. The van der Waals surface area contributed by atoms with Gasteiger partial charge in [-0.3, -0.25) is 4.79 Å². The van der Waals surface area contributed by atoms with Crippen molar-refractivity contribution < 1.29 is 14.3 Å². The Morgan fingerprint density at radius 3 is 2.53 bits per heavy atom. The second kappa shape index (κ2) is 9.43. The number of ether oxygens (including phenoxy) is 1. The van der Waals surface area contributed by atoms with Crippen molar-refractivity contribution >= 4 is 23.4 Å². The molecule has 0 bridgehead atoms. The van der Waals surface area contributed by atoms with Crippen molar-refractivity contribution in [2.45, 2.75) is 39.3 Å². The summed E-state index contributed by atoms with van der Waals surface area (Å²) in [4.78, 5) is 23.5. The van der Waals surface area contributed by atoms with E-state index in [0.717, 1.165) is 22.5 Å². The Labute approximate surface area is 176 Å². The van der Waals surface area contributed by atoms with E-state index in [9.17, 15) is 9.59 Å². The number of nitrogens with zero attached hydrogens (tertiary/aromatic N) is 1. The van der Waals surface area contributed by atoms with Crippen molar-refractivity contribution in [2.24, 2.45) is 11.0 Å². The van der Waals surface area contributed by atoms with Crippen LogP contribution < -0.4 is 16.1 Å². The number of benzene rings is 2. The molecule has 0 aliphatic carbocycles. The highest BCUT2D eigenvalue weighted by Crippen LogP contribution is 2.19. The van der Waals surface area contributed by atoms with Crippen LogP contribution in [0.15, 0.2) is 59.7 Å². The summed E-state index contributed by atoms with van der Waals surface area (Å²) >= 11 is 0. The Balaban J connectivity index is 1.49. The summed E-state index contributed by atoms with van der Waals surface area (Å²) in [5, 5.41) is 10.4. The number of nitrogens with one attached hydrogen (secondary N) is 3. The van der Waals surface area contributed by atoms with Gasteiger partial charge in [-0.25, -0.2) is 10.2 Å². The molecule has 1 unspecified atom stereocenters. The van der Waals surface area contributed by atoms with Crippen LogP contribution in [-0.4, -0.2) is 29.8 Å². The predicted octanol–water partition coefficient (Wildman–Crippen LogP) is 3.66. The fraction of sp³-hybridized carbons (Fsp3) is 0.348. The fourth-order valence-electron chi connectivity index (χ4n) is 3.16. The molecular formula is C23H28N4O3. The number of alkyl carbamates (subject to hydrolysis) is 1. The monoisotopic (exact) mass is 408 g/mol. The molecule has 2 aromatic carbocycles. The van der Waals surface area contributed by atoms with Gasteiger partial charge in [0.15, 0.2) is 0 Å². The number of anilines is 1. The molecule has 0 fully saturated rings. The third-order valence-electron chi connectivity index (χ3n) is 4.83. The first-order chi connectivity index (χ1) is 14.3. The summed E-state index contributed by atoms with van der Waals surface area (Å²) in [5.41, 5.74) is 5.77. The van der Waals surface area contributed by atoms with Crippen molar-refractivity contribution in [3.63, 3.8) is 0 Å². The van der Waals surface area contributed by atoms with Crippen molar-refractivity contribution in [3.05, 3.63) is 65.7 Å². The highest BCUT2D eigenvalue weighted by molar-refractivity contribution is 6.05. The lowest BCUT2D eigenvalue weighted by atomic mass is 9.94.